The molecule has 0 saturated heterocycles. The van der Waals surface area contributed by atoms with Crippen LogP contribution >= 0.6 is 15.9 Å². The van der Waals surface area contributed by atoms with Crippen molar-refractivity contribution in [3.63, 3.8) is 0 Å². The number of rotatable bonds is 2. The van der Waals surface area contributed by atoms with E-state index >= 15 is 0 Å². The number of halogens is 1. The Kier molecular flexibility index (Phi) is 2.69. The molecule has 0 spiro atoms. The highest BCUT2D eigenvalue weighted by atomic mass is 79.9. The average Bonchev–Trinajstić information content (AvgIpc) is 2.75. The Morgan fingerprint density at radius 2 is 1.82 bits per heavy atom. The van der Waals surface area contributed by atoms with Gasteiger partial charge in [-0.15, -0.1) is 0 Å². The van der Waals surface area contributed by atoms with Crippen LogP contribution in [0.3, 0.4) is 0 Å². The van der Waals surface area contributed by atoms with E-state index in [4.69, 9.17) is 0 Å². The fourth-order valence-corrected chi connectivity index (χ4v) is 2.57. The summed E-state index contributed by atoms with van der Waals surface area (Å²) in [6.45, 7) is 0.847. The Labute approximate surface area is 108 Å². The molecule has 17 heavy (non-hydrogen) atoms. The molecule has 0 aliphatic rings. The second-order valence-corrected chi connectivity index (χ2v) is 4.82. The summed E-state index contributed by atoms with van der Waals surface area (Å²) in [5, 5.41) is 0. The highest BCUT2D eigenvalue weighted by molar-refractivity contribution is 9.10. The van der Waals surface area contributed by atoms with Gasteiger partial charge in [0.1, 0.15) is 0 Å². The third-order valence-corrected chi connectivity index (χ3v) is 3.42. The van der Waals surface area contributed by atoms with Gasteiger partial charge in [-0.1, -0.05) is 36.4 Å². The van der Waals surface area contributed by atoms with Crippen LogP contribution in [0, 0.1) is 0 Å². The topological polar surface area (TPSA) is 17.8 Å². The minimum Gasteiger partial charge on any atom is -0.325 e. The van der Waals surface area contributed by atoms with Gasteiger partial charge in [0.05, 0.1) is 17.4 Å². The van der Waals surface area contributed by atoms with Crippen LogP contribution in [0.2, 0.25) is 0 Å². The summed E-state index contributed by atoms with van der Waals surface area (Å²) in [4.78, 5) is 4.41. The molecule has 0 saturated carbocycles. The van der Waals surface area contributed by atoms with Crippen LogP contribution in [-0.2, 0) is 6.54 Å². The molecule has 0 amide bonds. The van der Waals surface area contributed by atoms with Crippen molar-refractivity contribution in [3.05, 3.63) is 64.9 Å². The van der Waals surface area contributed by atoms with Gasteiger partial charge >= 0.3 is 0 Å². The molecule has 0 aliphatic carbocycles. The summed E-state index contributed by atoms with van der Waals surface area (Å²) in [7, 11) is 0. The molecular weight excluding hydrogens is 276 g/mol. The molecule has 2 aromatic carbocycles. The molecule has 0 unspecified atom stereocenters. The number of aromatic nitrogens is 2. The zero-order valence-corrected chi connectivity index (χ0v) is 10.8. The third kappa shape index (κ3) is 1.98. The summed E-state index contributed by atoms with van der Waals surface area (Å²) in [6, 6.07) is 16.5. The normalized spacial score (nSPS) is 10.9. The number of para-hydroxylation sites is 1. The van der Waals surface area contributed by atoms with Crippen molar-refractivity contribution in [2.45, 2.75) is 6.54 Å². The molecule has 0 N–H and O–H groups in total. The van der Waals surface area contributed by atoms with Gasteiger partial charge in [0, 0.05) is 11.0 Å². The highest BCUT2D eigenvalue weighted by Crippen LogP contribution is 2.23. The lowest BCUT2D eigenvalue weighted by Crippen LogP contribution is -1.97. The predicted molar refractivity (Wildman–Crippen MR) is 73.0 cm³/mol. The van der Waals surface area contributed by atoms with Crippen molar-refractivity contribution in [1.82, 2.24) is 9.55 Å². The summed E-state index contributed by atoms with van der Waals surface area (Å²) in [6.07, 6.45) is 1.89. The van der Waals surface area contributed by atoms with Crippen molar-refractivity contribution in [1.29, 1.82) is 0 Å². The summed E-state index contributed by atoms with van der Waals surface area (Å²) >= 11 is 3.58. The molecule has 0 bridgehead atoms. The maximum absolute atomic E-state index is 4.41. The first-order valence-electron chi connectivity index (χ1n) is 5.48. The van der Waals surface area contributed by atoms with E-state index in [1.807, 2.05) is 30.6 Å². The van der Waals surface area contributed by atoms with Crippen LogP contribution in [-0.4, -0.2) is 9.55 Å². The van der Waals surface area contributed by atoms with Gasteiger partial charge in [0.15, 0.2) is 0 Å². The van der Waals surface area contributed by atoms with E-state index < -0.39 is 0 Å². The number of benzene rings is 2. The summed E-state index contributed by atoms with van der Waals surface area (Å²) in [5.41, 5.74) is 3.45. The number of hydrogen-bond acceptors (Lipinski definition) is 1. The van der Waals surface area contributed by atoms with Gasteiger partial charge in [-0.25, -0.2) is 4.98 Å². The fourth-order valence-electron chi connectivity index (χ4n) is 1.98. The zero-order chi connectivity index (χ0) is 11.7. The Balaban J connectivity index is 2.07. The van der Waals surface area contributed by atoms with Gasteiger partial charge in [-0.2, -0.15) is 0 Å². The SMILES string of the molecule is Brc1cccc2ncn(Cc3ccccc3)c12. The molecule has 0 radical (unpaired) electrons. The Bertz CT molecular complexity index is 644. The van der Waals surface area contributed by atoms with Crippen molar-refractivity contribution >= 4 is 27.0 Å². The molecule has 3 aromatic rings. The Hall–Kier alpha value is -1.61. The molecule has 0 aliphatic heterocycles. The third-order valence-electron chi connectivity index (χ3n) is 2.78. The van der Waals surface area contributed by atoms with Crippen LogP contribution in [0.5, 0.6) is 0 Å². The van der Waals surface area contributed by atoms with Crippen LogP contribution in [0.1, 0.15) is 5.56 Å². The van der Waals surface area contributed by atoms with Crippen molar-refractivity contribution < 1.29 is 0 Å². The van der Waals surface area contributed by atoms with Crippen LogP contribution in [0.25, 0.3) is 11.0 Å². The first-order valence-corrected chi connectivity index (χ1v) is 6.27. The van der Waals surface area contributed by atoms with E-state index in [-0.39, 0.29) is 0 Å². The van der Waals surface area contributed by atoms with E-state index in [9.17, 15) is 0 Å². The van der Waals surface area contributed by atoms with E-state index in [1.54, 1.807) is 0 Å². The number of fused-ring (bicyclic) bond motifs is 1. The van der Waals surface area contributed by atoms with E-state index in [1.165, 1.54) is 5.56 Å². The molecular formula is C14H11BrN2. The highest BCUT2D eigenvalue weighted by Gasteiger charge is 2.05. The van der Waals surface area contributed by atoms with Crippen LogP contribution < -0.4 is 0 Å². The van der Waals surface area contributed by atoms with Gasteiger partial charge in [0.25, 0.3) is 0 Å². The molecule has 0 atom stereocenters. The molecule has 3 heteroatoms. The first kappa shape index (κ1) is 10.5. The maximum atomic E-state index is 4.41. The van der Waals surface area contributed by atoms with E-state index in [2.05, 4.69) is 49.7 Å². The maximum Gasteiger partial charge on any atom is 0.0961 e. The van der Waals surface area contributed by atoms with Crippen molar-refractivity contribution in [2.75, 3.05) is 0 Å². The van der Waals surface area contributed by atoms with Crippen LogP contribution in [0.4, 0.5) is 0 Å². The Morgan fingerprint density at radius 3 is 2.65 bits per heavy atom. The standard InChI is InChI=1S/C14H11BrN2/c15-12-7-4-8-13-14(12)17(10-16-13)9-11-5-2-1-3-6-11/h1-8,10H,9H2. The number of nitrogens with zero attached hydrogens (tertiary/aromatic N) is 2. The fraction of sp³-hybridized carbons (Fsp3) is 0.0714. The second kappa shape index (κ2) is 4.34. The van der Waals surface area contributed by atoms with E-state index in [0.717, 1.165) is 22.1 Å². The van der Waals surface area contributed by atoms with Gasteiger partial charge in [0.2, 0.25) is 0 Å². The molecule has 84 valence electrons. The minimum atomic E-state index is 0.847. The number of imidazole rings is 1. The second-order valence-electron chi connectivity index (χ2n) is 3.97. The molecule has 0 fully saturated rings. The molecule has 2 nitrogen and oxygen atoms in total. The van der Waals surface area contributed by atoms with E-state index in [0.29, 0.717) is 0 Å². The predicted octanol–water partition coefficient (Wildman–Crippen LogP) is 3.85. The monoisotopic (exact) mass is 286 g/mol. The largest absolute Gasteiger partial charge is 0.325 e. The minimum absolute atomic E-state index is 0.847. The lowest BCUT2D eigenvalue weighted by atomic mass is 10.2. The smallest absolute Gasteiger partial charge is 0.0961 e. The lowest BCUT2D eigenvalue weighted by Gasteiger charge is -2.05. The zero-order valence-electron chi connectivity index (χ0n) is 9.18. The summed E-state index contributed by atoms with van der Waals surface area (Å²) < 4.78 is 3.25. The summed E-state index contributed by atoms with van der Waals surface area (Å²) in [5.74, 6) is 0. The van der Waals surface area contributed by atoms with Crippen molar-refractivity contribution in [3.8, 4) is 0 Å². The van der Waals surface area contributed by atoms with Gasteiger partial charge in [-0.3, -0.25) is 0 Å². The molecule has 3 rings (SSSR count). The molecule has 1 heterocycles. The molecule has 1 aromatic heterocycles. The van der Waals surface area contributed by atoms with Crippen LogP contribution in [0.15, 0.2) is 59.3 Å². The average molecular weight is 287 g/mol. The lowest BCUT2D eigenvalue weighted by molar-refractivity contribution is 0.823. The van der Waals surface area contributed by atoms with Crippen molar-refractivity contribution in [2.24, 2.45) is 0 Å². The number of hydrogen-bond donors (Lipinski definition) is 0. The van der Waals surface area contributed by atoms with Gasteiger partial charge < -0.3 is 4.57 Å². The first-order chi connectivity index (χ1) is 8.34. The quantitative estimate of drug-likeness (QED) is 0.700. The Morgan fingerprint density at radius 1 is 1.00 bits per heavy atom. The van der Waals surface area contributed by atoms with Gasteiger partial charge in [-0.05, 0) is 33.6 Å².